The van der Waals surface area contributed by atoms with Crippen LogP contribution in [0, 0.1) is 0 Å². The van der Waals surface area contributed by atoms with E-state index in [9.17, 15) is 5.11 Å². The molecule has 1 atom stereocenters. The van der Waals surface area contributed by atoms with Gasteiger partial charge in [0, 0.05) is 13.0 Å². The smallest absolute Gasteiger partial charge is 0.161 e. The molecule has 0 bridgehead atoms. The van der Waals surface area contributed by atoms with Gasteiger partial charge in [-0.25, -0.2) is 0 Å². The lowest BCUT2D eigenvalue weighted by atomic mass is 10.1. The summed E-state index contributed by atoms with van der Waals surface area (Å²) in [5.74, 6) is 1.43. The third-order valence-corrected chi connectivity index (χ3v) is 2.62. The minimum atomic E-state index is -0.504. The first-order valence-corrected chi connectivity index (χ1v) is 5.89. The average molecular weight is 239 g/mol. The molecule has 0 spiro atoms. The molecule has 0 aliphatic carbocycles. The van der Waals surface area contributed by atoms with Crippen LogP contribution in [0.4, 0.5) is 0 Å². The Bertz CT molecular complexity index is 341. The third kappa shape index (κ3) is 4.24. The number of aliphatic hydroxyl groups is 1. The minimum absolute atomic E-state index is 0.259. The fourth-order valence-electron chi connectivity index (χ4n) is 1.47. The second-order valence-electron chi connectivity index (χ2n) is 3.87. The van der Waals surface area contributed by atoms with Crippen LogP contribution in [0.3, 0.4) is 0 Å². The molecule has 0 fully saturated rings. The van der Waals surface area contributed by atoms with E-state index in [1.54, 1.807) is 7.11 Å². The summed E-state index contributed by atoms with van der Waals surface area (Å²) >= 11 is 0. The van der Waals surface area contributed by atoms with E-state index in [0.717, 1.165) is 12.2 Å². The molecule has 0 saturated heterocycles. The van der Waals surface area contributed by atoms with E-state index in [1.165, 1.54) is 5.56 Å². The molecule has 96 valence electrons. The Morgan fingerprint density at radius 2 is 2.12 bits per heavy atom. The van der Waals surface area contributed by atoms with E-state index in [2.05, 4.69) is 6.92 Å². The summed E-state index contributed by atoms with van der Waals surface area (Å²) in [7, 11) is 1.62. The molecule has 0 amide bonds. The Morgan fingerprint density at radius 3 is 2.71 bits per heavy atom. The molecule has 1 rings (SSSR count). The van der Waals surface area contributed by atoms with Crippen molar-refractivity contribution in [1.82, 2.24) is 0 Å². The van der Waals surface area contributed by atoms with Gasteiger partial charge in [0.15, 0.2) is 11.5 Å². The van der Waals surface area contributed by atoms with Gasteiger partial charge in [-0.15, -0.1) is 0 Å². The number of hydrogen-bond acceptors (Lipinski definition) is 4. The predicted molar refractivity (Wildman–Crippen MR) is 67.5 cm³/mol. The summed E-state index contributed by atoms with van der Waals surface area (Å²) in [6.07, 6.45) is 0.980. The van der Waals surface area contributed by atoms with E-state index >= 15 is 0 Å². The number of aliphatic hydroxyl groups excluding tert-OH is 1. The quantitative estimate of drug-likeness (QED) is 0.753. The highest BCUT2D eigenvalue weighted by Gasteiger charge is 2.06. The van der Waals surface area contributed by atoms with Crippen molar-refractivity contribution in [3.8, 4) is 11.5 Å². The summed E-state index contributed by atoms with van der Waals surface area (Å²) in [5.41, 5.74) is 6.52. The highest BCUT2D eigenvalue weighted by Crippen LogP contribution is 2.28. The molecule has 0 heterocycles. The molecule has 0 aliphatic heterocycles. The topological polar surface area (TPSA) is 64.7 Å². The van der Waals surface area contributed by atoms with E-state index in [-0.39, 0.29) is 6.54 Å². The van der Waals surface area contributed by atoms with Gasteiger partial charge in [0.2, 0.25) is 0 Å². The maximum atomic E-state index is 9.31. The van der Waals surface area contributed by atoms with E-state index in [4.69, 9.17) is 15.2 Å². The first-order valence-electron chi connectivity index (χ1n) is 5.89. The number of ether oxygens (including phenoxy) is 2. The van der Waals surface area contributed by atoms with Gasteiger partial charge >= 0.3 is 0 Å². The van der Waals surface area contributed by atoms with Gasteiger partial charge in [0.25, 0.3) is 0 Å². The van der Waals surface area contributed by atoms with Crippen molar-refractivity contribution < 1.29 is 14.6 Å². The van der Waals surface area contributed by atoms with Crippen LogP contribution in [0.2, 0.25) is 0 Å². The second-order valence-corrected chi connectivity index (χ2v) is 3.87. The molecule has 1 aromatic carbocycles. The molecule has 3 N–H and O–H groups in total. The summed E-state index contributed by atoms with van der Waals surface area (Å²) < 4.78 is 10.8. The van der Waals surface area contributed by atoms with Crippen LogP contribution in [0.1, 0.15) is 18.9 Å². The SMILES string of the molecule is CCc1ccc(OCCC(O)CN)c(OC)c1. The Hall–Kier alpha value is -1.26. The molecule has 1 unspecified atom stereocenters. The van der Waals surface area contributed by atoms with Gasteiger partial charge in [0.1, 0.15) is 0 Å². The molecule has 0 aromatic heterocycles. The number of benzene rings is 1. The number of nitrogens with two attached hydrogens (primary N) is 1. The lowest BCUT2D eigenvalue weighted by Gasteiger charge is -2.13. The number of aryl methyl sites for hydroxylation is 1. The Labute approximate surface area is 102 Å². The Balaban J connectivity index is 2.58. The van der Waals surface area contributed by atoms with Crippen molar-refractivity contribution in [2.45, 2.75) is 25.9 Å². The van der Waals surface area contributed by atoms with Gasteiger partial charge in [-0.1, -0.05) is 13.0 Å². The highest BCUT2D eigenvalue weighted by atomic mass is 16.5. The molecular formula is C13H21NO3. The standard InChI is InChI=1S/C13H21NO3/c1-3-10-4-5-12(13(8-10)16-2)17-7-6-11(15)9-14/h4-5,8,11,15H,3,6-7,9,14H2,1-2H3. The maximum absolute atomic E-state index is 9.31. The van der Waals surface area contributed by atoms with Crippen molar-refractivity contribution in [3.63, 3.8) is 0 Å². The van der Waals surface area contributed by atoms with Crippen molar-refractivity contribution in [2.75, 3.05) is 20.3 Å². The lowest BCUT2D eigenvalue weighted by Crippen LogP contribution is -2.22. The molecular weight excluding hydrogens is 218 g/mol. The zero-order valence-corrected chi connectivity index (χ0v) is 10.5. The van der Waals surface area contributed by atoms with Gasteiger partial charge in [-0.05, 0) is 24.1 Å². The fraction of sp³-hybridized carbons (Fsp3) is 0.538. The fourth-order valence-corrected chi connectivity index (χ4v) is 1.47. The molecule has 17 heavy (non-hydrogen) atoms. The largest absolute Gasteiger partial charge is 0.493 e. The Morgan fingerprint density at radius 1 is 1.35 bits per heavy atom. The van der Waals surface area contributed by atoms with Crippen LogP contribution < -0.4 is 15.2 Å². The molecule has 4 nitrogen and oxygen atoms in total. The van der Waals surface area contributed by atoms with E-state index in [0.29, 0.717) is 18.8 Å². The summed E-state index contributed by atoms with van der Waals surface area (Å²) in [6, 6.07) is 5.87. The molecule has 0 aliphatic rings. The highest BCUT2D eigenvalue weighted by molar-refractivity contribution is 5.42. The van der Waals surface area contributed by atoms with Crippen molar-refractivity contribution in [3.05, 3.63) is 23.8 Å². The van der Waals surface area contributed by atoms with Crippen molar-refractivity contribution >= 4 is 0 Å². The van der Waals surface area contributed by atoms with E-state index < -0.39 is 6.10 Å². The minimum Gasteiger partial charge on any atom is -0.493 e. The maximum Gasteiger partial charge on any atom is 0.161 e. The van der Waals surface area contributed by atoms with Crippen LogP contribution in [0.5, 0.6) is 11.5 Å². The molecule has 1 aromatic rings. The molecule has 0 radical (unpaired) electrons. The van der Waals surface area contributed by atoms with Crippen LogP contribution in [0.25, 0.3) is 0 Å². The zero-order valence-electron chi connectivity index (χ0n) is 10.5. The average Bonchev–Trinajstić information content (AvgIpc) is 2.38. The molecule has 0 saturated carbocycles. The molecule has 4 heteroatoms. The van der Waals surface area contributed by atoms with Crippen molar-refractivity contribution in [2.24, 2.45) is 5.73 Å². The third-order valence-electron chi connectivity index (χ3n) is 2.62. The van der Waals surface area contributed by atoms with Gasteiger partial charge in [0.05, 0.1) is 19.8 Å². The first kappa shape index (κ1) is 13.8. The van der Waals surface area contributed by atoms with Gasteiger partial charge in [-0.3, -0.25) is 0 Å². The number of hydrogen-bond donors (Lipinski definition) is 2. The monoisotopic (exact) mass is 239 g/mol. The Kier molecular flexibility index (Phi) is 5.80. The van der Waals surface area contributed by atoms with Gasteiger partial charge < -0.3 is 20.3 Å². The number of rotatable bonds is 7. The summed E-state index contributed by atoms with van der Waals surface area (Å²) in [5, 5.41) is 9.31. The normalized spacial score (nSPS) is 12.2. The predicted octanol–water partition coefficient (Wildman–Crippen LogP) is 1.35. The zero-order chi connectivity index (χ0) is 12.7. The van der Waals surface area contributed by atoms with Gasteiger partial charge in [-0.2, -0.15) is 0 Å². The summed E-state index contributed by atoms with van der Waals surface area (Å²) in [4.78, 5) is 0. The van der Waals surface area contributed by atoms with Crippen LogP contribution in [0.15, 0.2) is 18.2 Å². The van der Waals surface area contributed by atoms with E-state index in [1.807, 2.05) is 18.2 Å². The first-order chi connectivity index (χ1) is 8.21. The summed E-state index contributed by atoms with van der Waals surface area (Å²) in [6.45, 7) is 2.78. The number of methoxy groups -OCH3 is 1. The van der Waals surface area contributed by atoms with Crippen LogP contribution >= 0.6 is 0 Å². The van der Waals surface area contributed by atoms with Crippen LogP contribution in [-0.4, -0.2) is 31.5 Å². The van der Waals surface area contributed by atoms with Crippen molar-refractivity contribution in [1.29, 1.82) is 0 Å². The lowest BCUT2D eigenvalue weighted by molar-refractivity contribution is 0.145. The second kappa shape index (κ2) is 7.14. The van der Waals surface area contributed by atoms with Crippen LogP contribution in [-0.2, 0) is 6.42 Å².